The quantitative estimate of drug-likeness (QED) is 0.0466. The van der Waals surface area contributed by atoms with Crippen molar-refractivity contribution in [1.29, 1.82) is 0 Å². The van der Waals surface area contributed by atoms with Gasteiger partial charge in [0.05, 0.1) is 13.2 Å². The summed E-state index contributed by atoms with van der Waals surface area (Å²) in [5.41, 5.74) is 0. The highest BCUT2D eigenvalue weighted by Crippen LogP contribution is 2.23. The molecule has 20 heteroatoms. The van der Waals surface area contributed by atoms with E-state index in [0.717, 1.165) is 0 Å². The molecular weight excluding hydrogens is 588 g/mol. The number of hydrogen-bond acceptors (Lipinski definition) is 18. The summed E-state index contributed by atoms with van der Waals surface area (Å²) in [4.78, 5) is 23.4. The minimum absolute atomic E-state index is 0.237. The topological polar surface area (TPSA) is 275 Å². The van der Waals surface area contributed by atoms with E-state index in [1.807, 2.05) is 0 Å². The maximum atomic E-state index is 11.7. The van der Waals surface area contributed by atoms with E-state index in [2.05, 4.69) is 10.6 Å². The number of carbonyl (C=O) groups is 2. The van der Waals surface area contributed by atoms with Gasteiger partial charge in [-0.2, -0.15) is 0 Å². The van der Waals surface area contributed by atoms with Crippen LogP contribution in [0.5, 0.6) is 0 Å². The zero-order valence-electron chi connectivity index (χ0n) is 21.1. The van der Waals surface area contributed by atoms with Crippen molar-refractivity contribution in [2.24, 2.45) is 0 Å². The second-order valence-corrected chi connectivity index (χ2v) is 11.0. The Morgan fingerprint density at radius 3 is 1.35 bits per heavy atom. The Balaban J connectivity index is 1.44. The molecule has 10 N–H and O–H groups in total. The van der Waals surface area contributed by atoms with Crippen molar-refractivity contribution >= 4 is 33.8 Å². The summed E-state index contributed by atoms with van der Waals surface area (Å²) in [6.45, 7) is -2.00. The van der Waals surface area contributed by atoms with Crippen molar-refractivity contribution in [3.05, 3.63) is 0 Å². The minimum Gasteiger partial charge on any atom is -0.422 e. The van der Waals surface area contributed by atoms with Gasteiger partial charge in [0.15, 0.2) is 26.2 Å². The van der Waals surface area contributed by atoms with Gasteiger partial charge in [0, 0.05) is 24.6 Å². The molecule has 4 unspecified atom stereocenters. The molecule has 2 fully saturated rings. The van der Waals surface area contributed by atoms with Crippen LogP contribution in [0.15, 0.2) is 0 Å². The Hall–Kier alpha value is -1.24. The third-order valence-electron chi connectivity index (χ3n) is 5.53. The molecule has 2 aliphatic heterocycles. The molecule has 2 aliphatic rings. The normalized spacial score (nSPS) is 34.2. The van der Waals surface area contributed by atoms with E-state index in [4.69, 9.17) is 38.6 Å². The number of amides is 2. The van der Waals surface area contributed by atoms with E-state index < -0.39 is 100 Å². The standard InChI is InChI=1S/C20H36N2O16S2/c23-5-9-11(25)13(27)15(29)17(37-9)33-7-35-19(31)21-1-3-39-40-4-2-22-20(32)36-8-34-18-16(30)14(28)12(26)10(6-24)38-18/h9-18,23-30H,1-8H2,(H,21,31)(H,22,32)/t9?,10?,11-,12-,13-,14-,15?,16?,17+,18+/m0/s1. The average Bonchev–Trinajstić information content (AvgIpc) is 2.94. The first-order valence-corrected chi connectivity index (χ1v) is 14.5. The third-order valence-corrected chi connectivity index (χ3v) is 7.94. The summed E-state index contributed by atoms with van der Waals surface area (Å²) >= 11 is 0. The van der Waals surface area contributed by atoms with Crippen LogP contribution >= 0.6 is 21.6 Å². The molecule has 0 bridgehead atoms. The van der Waals surface area contributed by atoms with Crippen LogP contribution in [0.1, 0.15) is 0 Å². The van der Waals surface area contributed by atoms with Crippen LogP contribution in [-0.2, 0) is 28.4 Å². The van der Waals surface area contributed by atoms with E-state index >= 15 is 0 Å². The summed E-state index contributed by atoms with van der Waals surface area (Å²) in [5, 5.41) is 81.6. The molecule has 0 aliphatic carbocycles. The Labute approximate surface area is 236 Å². The highest BCUT2D eigenvalue weighted by Gasteiger charge is 2.45. The fraction of sp³-hybridized carbons (Fsp3) is 0.900. The summed E-state index contributed by atoms with van der Waals surface area (Å²) in [6.07, 6.45) is -16.3. The van der Waals surface area contributed by atoms with Gasteiger partial charge in [-0.15, -0.1) is 0 Å². The molecule has 0 aromatic heterocycles. The molecule has 40 heavy (non-hydrogen) atoms. The second-order valence-electron chi connectivity index (χ2n) is 8.32. The summed E-state index contributed by atoms with van der Waals surface area (Å²) < 4.78 is 29.9. The monoisotopic (exact) mass is 624 g/mol. The first-order chi connectivity index (χ1) is 19.1. The second kappa shape index (κ2) is 18.3. The first-order valence-electron chi connectivity index (χ1n) is 12.0. The molecule has 18 nitrogen and oxygen atoms in total. The van der Waals surface area contributed by atoms with Gasteiger partial charge in [-0.25, -0.2) is 9.59 Å². The summed E-state index contributed by atoms with van der Waals surface area (Å²) in [6, 6.07) is 0. The number of aliphatic hydroxyl groups excluding tert-OH is 8. The Morgan fingerprint density at radius 1 is 0.625 bits per heavy atom. The smallest absolute Gasteiger partial charge is 0.409 e. The Kier molecular flexibility index (Phi) is 16.0. The highest BCUT2D eigenvalue weighted by molar-refractivity contribution is 8.76. The van der Waals surface area contributed by atoms with Gasteiger partial charge >= 0.3 is 12.2 Å². The number of ether oxygens (including phenoxy) is 6. The maximum Gasteiger partial charge on any atom is 0.409 e. The number of hydrogen-bond donors (Lipinski definition) is 10. The van der Waals surface area contributed by atoms with E-state index in [1.165, 1.54) is 21.6 Å². The fourth-order valence-electron chi connectivity index (χ4n) is 3.33. The van der Waals surface area contributed by atoms with Crippen molar-refractivity contribution in [3.63, 3.8) is 0 Å². The van der Waals surface area contributed by atoms with Crippen molar-refractivity contribution in [3.8, 4) is 0 Å². The zero-order chi connectivity index (χ0) is 29.7. The number of carbonyl (C=O) groups excluding carboxylic acids is 2. The lowest BCUT2D eigenvalue weighted by Crippen LogP contribution is -2.59. The first kappa shape index (κ1) is 35.0. The largest absolute Gasteiger partial charge is 0.422 e. The van der Waals surface area contributed by atoms with Crippen LogP contribution in [0, 0.1) is 0 Å². The predicted octanol–water partition coefficient (Wildman–Crippen LogP) is -4.63. The van der Waals surface area contributed by atoms with Gasteiger partial charge in [0.1, 0.15) is 48.8 Å². The van der Waals surface area contributed by atoms with Crippen LogP contribution in [-0.4, -0.2) is 166 Å². The van der Waals surface area contributed by atoms with Crippen LogP contribution in [0.4, 0.5) is 9.59 Å². The highest BCUT2D eigenvalue weighted by atomic mass is 33.1. The molecule has 10 atom stereocenters. The lowest BCUT2D eigenvalue weighted by molar-refractivity contribution is -0.312. The number of aliphatic hydroxyl groups is 8. The summed E-state index contributed by atoms with van der Waals surface area (Å²) in [5.74, 6) is 0.982. The van der Waals surface area contributed by atoms with Crippen LogP contribution in [0.2, 0.25) is 0 Å². The van der Waals surface area contributed by atoms with Gasteiger partial charge in [0.25, 0.3) is 0 Å². The van der Waals surface area contributed by atoms with Gasteiger partial charge in [-0.05, 0) is 0 Å². The molecule has 0 saturated carbocycles. The molecule has 2 rings (SSSR count). The molecular formula is C20H36N2O16S2. The summed E-state index contributed by atoms with van der Waals surface area (Å²) in [7, 11) is 2.80. The average molecular weight is 625 g/mol. The predicted molar refractivity (Wildman–Crippen MR) is 133 cm³/mol. The van der Waals surface area contributed by atoms with Gasteiger partial charge in [0.2, 0.25) is 0 Å². The van der Waals surface area contributed by atoms with Gasteiger partial charge < -0.3 is 79.9 Å². The van der Waals surface area contributed by atoms with E-state index in [-0.39, 0.29) is 13.1 Å². The molecule has 0 spiro atoms. The zero-order valence-corrected chi connectivity index (χ0v) is 22.7. The van der Waals surface area contributed by atoms with Crippen molar-refractivity contribution in [2.45, 2.75) is 61.4 Å². The number of nitrogens with one attached hydrogen (secondary N) is 2. The van der Waals surface area contributed by atoms with E-state index in [1.54, 1.807) is 0 Å². The number of rotatable bonds is 15. The maximum absolute atomic E-state index is 11.7. The van der Waals surface area contributed by atoms with Crippen molar-refractivity contribution < 1.29 is 78.9 Å². The van der Waals surface area contributed by atoms with Crippen molar-refractivity contribution in [2.75, 3.05) is 51.4 Å². The molecule has 234 valence electrons. The number of alkyl carbamates (subject to hydrolysis) is 2. The molecule has 0 aromatic carbocycles. The van der Waals surface area contributed by atoms with E-state index in [0.29, 0.717) is 11.5 Å². The third kappa shape index (κ3) is 10.9. The SMILES string of the molecule is O=C(NCCSSCCNC(=O)OCO[C@@H]1OC(CO)[C@H](O)[C@H](O)C1O)OCO[C@@H]1OC(CO)[C@H](O)[C@H](O)C1O. The van der Waals surface area contributed by atoms with Gasteiger partial charge in [-0.3, -0.25) is 0 Å². The lowest BCUT2D eigenvalue weighted by Gasteiger charge is -2.39. The minimum atomic E-state index is -1.61. The molecule has 2 amide bonds. The van der Waals surface area contributed by atoms with Crippen LogP contribution in [0.3, 0.4) is 0 Å². The van der Waals surface area contributed by atoms with Crippen LogP contribution in [0.25, 0.3) is 0 Å². The van der Waals surface area contributed by atoms with Crippen LogP contribution < -0.4 is 10.6 Å². The molecule has 2 saturated heterocycles. The van der Waals surface area contributed by atoms with Gasteiger partial charge in [-0.1, -0.05) is 21.6 Å². The molecule has 0 radical (unpaired) electrons. The fourth-order valence-corrected chi connectivity index (χ4v) is 5.14. The molecule has 0 aromatic rings. The Morgan fingerprint density at radius 2 is 1.00 bits per heavy atom. The molecule has 2 heterocycles. The Bertz CT molecular complexity index is 695. The van der Waals surface area contributed by atoms with Crippen molar-refractivity contribution in [1.82, 2.24) is 10.6 Å². The lowest BCUT2D eigenvalue weighted by atomic mass is 9.99. The van der Waals surface area contributed by atoms with E-state index in [9.17, 15) is 40.2 Å².